The third-order valence-electron chi connectivity index (χ3n) is 2.74. The molecule has 0 aliphatic heterocycles. The second kappa shape index (κ2) is 6.92. The fourth-order valence-electron chi connectivity index (χ4n) is 1.28. The maximum absolute atomic E-state index is 13.2. The van der Waals surface area contributed by atoms with Crippen LogP contribution in [-0.2, 0) is 9.53 Å². The summed E-state index contributed by atoms with van der Waals surface area (Å²) in [6.07, 6.45) is -7.32. The van der Waals surface area contributed by atoms with Crippen molar-refractivity contribution in [3.63, 3.8) is 0 Å². The Hall–Kier alpha value is -1.90. The molecule has 160 valence electrons. The van der Waals surface area contributed by atoms with Crippen LogP contribution in [0.1, 0.15) is 6.92 Å². The van der Waals surface area contributed by atoms with Gasteiger partial charge in [0.2, 0.25) is 0 Å². The molecule has 2 N–H and O–H groups in total. The van der Waals surface area contributed by atoms with Crippen molar-refractivity contribution in [1.82, 2.24) is 0 Å². The lowest BCUT2D eigenvalue weighted by molar-refractivity contribution is -0.441. The fraction of sp³-hybridized carbons (Fsp3) is 0.727. The third kappa shape index (κ3) is 4.17. The van der Waals surface area contributed by atoms with Gasteiger partial charge in [0.1, 0.15) is 0 Å². The second-order valence-electron chi connectivity index (χ2n) is 5.00. The lowest BCUT2D eigenvalue weighted by Gasteiger charge is -2.39. The van der Waals surface area contributed by atoms with E-state index < -0.39 is 54.1 Å². The van der Waals surface area contributed by atoms with Gasteiger partial charge in [0.15, 0.2) is 6.61 Å². The molecule has 0 aromatic rings. The molecule has 0 aromatic heterocycles. The summed E-state index contributed by atoms with van der Waals surface area (Å²) in [6, 6.07) is 0. The van der Waals surface area contributed by atoms with Gasteiger partial charge in [-0.15, -0.1) is 0 Å². The number of hydrogen-bond donors (Lipinski definition) is 1. The summed E-state index contributed by atoms with van der Waals surface area (Å²) in [6.45, 7) is -2.12. The number of nitrogens with two attached hydrogens (primary N) is 1. The van der Waals surface area contributed by atoms with Gasteiger partial charge in [0.25, 0.3) is 0 Å². The smallest absolute Gasteiger partial charge is 0.456 e. The van der Waals surface area contributed by atoms with Crippen LogP contribution in [0.3, 0.4) is 0 Å². The number of carbonyl (C=O) groups is 1. The van der Waals surface area contributed by atoms with Crippen LogP contribution in [0.25, 0.3) is 0 Å². The summed E-state index contributed by atoms with van der Waals surface area (Å²) in [5, 5.41) is 0. The molecule has 0 atom stereocenters. The lowest BCUT2D eigenvalue weighted by atomic mass is 9.94. The Morgan fingerprint density at radius 3 is 1.48 bits per heavy atom. The minimum Gasteiger partial charge on any atom is -0.456 e. The summed E-state index contributed by atoms with van der Waals surface area (Å²) in [7, 11) is 0. The summed E-state index contributed by atoms with van der Waals surface area (Å²) in [5.41, 5.74) is 4.39. The van der Waals surface area contributed by atoms with Crippen LogP contribution in [0.15, 0.2) is 11.8 Å². The van der Waals surface area contributed by atoms with E-state index in [1.807, 2.05) is 0 Å². The molecule has 0 aliphatic rings. The highest BCUT2D eigenvalue weighted by Gasteiger charge is 2.90. The highest BCUT2D eigenvalue weighted by molar-refractivity contribution is 5.82. The quantitative estimate of drug-likeness (QED) is 0.373. The standard InChI is InChI=1S/C11H8F13NO2/c1-4(25)2-5(26)27-3-6(12,13)7(14,15)8(16,17)9(18,19)10(20,21)11(22,23)24/h2H,3,25H2,1H3/b4-2-. The Kier molecular flexibility index (Phi) is 6.44. The number of ether oxygens (including phenoxy) is 1. The van der Waals surface area contributed by atoms with Crippen molar-refractivity contribution in [1.29, 1.82) is 0 Å². The number of alkyl halides is 13. The Balaban J connectivity index is 5.94. The molecule has 0 bridgehead atoms. The number of halogens is 13. The van der Waals surface area contributed by atoms with E-state index in [9.17, 15) is 61.9 Å². The maximum atomic E-state index is 13.2. The molecule has 0 unspecified atom stereocenters. The van der Waals surface area contributed by atoms with Gasteiger partial charge >= 0.3 is 41.8 Å². The molecule has 3 nitrogen and oxygen atoms in total. The average Bonchev–Trinajstić information content (AvgIpc) is 2.42. The molecule has 0 heterocycles. The van der Waals surface area contributed by atoms with E-state index >= 15 is 0 Å². The Bertz CT molecular complexity index is 590. The van der Waals surface area contributed by atoms with Gasteiger partial charge in [-0.3, -0.25) is 0 Å². The molecule has 0 aromatic carbocycles. The largest absolute Gasteiger partial charge is 0.460 e. The molecule has 27 heavy (non-hydrogen) atoms. The van der Waals surface area contributed by atoms with Crippen molar-refractivity contribution in [2.75, 3.05) is 6.61 Å². The van der Waals surface area contributed by atoms with Crippen molar-refractivity contribution in [2.24, 2.45) is 5.73 Å². The highest BCUT2D eigenvalue weighted by Crippen LogP contribution is 2.60. The summed E-state index contributed by atoms with van der Waals surface area (Å²) in [5.74, 6) is -39.6. The predicted octanol–water partition coefficient (Wildman–Crippen LogP) is 4.13. The number of esters is 1. The zero-order chi connectivity index (χ0) is 22.3. The van der Waals surface area contributed by atoms with E-state index in [2.05, 4.69) is 4.74 Å². The van der Waals surface area contributed by atoms with Crippen LogP contribution in [0.5, 0.6) is 0 Å². The molecule has 0 radical (unpaired) electrons. The second-order valence-corrected chi connectivity index (χ2v) is 5.00. The number of rotatable bonds is 7. The zero-order valence-electron chi connectivity index (χ0n) is 12.6. The van der Waals surface area contributed by atoms with Crippen molar-refractivity contribution in [3.05, 3.63) is 11.8 Å². The molecule has 0 fully saturated rings. The molecule has 0 saturated heterocycles. The van der Waals surface area contributed by atoms with Crippen LogP contribution in [0.4, 0.5) is 57.1 Å². The average molecular weight is 433 g/mol. The minimum absolute atomic E-state index is 0.165. The molecule has 0 rings (SSSR count). The molecule has 0 aliphatic carbocycles. The molecule has 0 amide bonds. The Morgan fingerprint density at radius 2 is 1.15 bits per heavy atom. The van der Waals surface area contributed by atoms with Crippen molar-refractivity contribution < 1.29 is 66.6 Å². The minimum atomic E-state index is -8.00. The van der Waals surface area contributed by atoms with Gasteiger partial charge in [-0.05, 0) is 6.92 Å². The fourth-order valence-corrected chi connectivity index (χ4v) is 1.28. The van der Waals surface area contributed by atoms with Gasteiger partial charge < -0.3 is 10.5 Å². The van der Waals surface area contributed by atoms with E-state index in [1.54, 1.807) is 0 Å². The third-order valence-corrected chi connectivity index (χ3v) is 2.74. The first-order valence-electron chi connectivity index (χ1n) is 6.12. The number of hydrogen-bond acceptors (Lipinski definition) is 3. The predicted molar refractivity (Wildman–Crippen MR) is 59.7 cm³/mol. The zero-order valence-corrected chi connectivity index (χ0v) is 12.6. The van der Waals surface area contributed by atoms with Crippen LogP contribution in [0, 0.1) is 0 Å². The van der Waals surface area contributed by atoms with Gasteiger partial charge in [-0.1, -0.05) is 0 Å². The first-order chi connectivity index (χ1) is 11.6. The number of carbonyl (C=O) groups excluding carboxylic acids is 1. The molecule has 0 saturated carbocycles. The van der Waals surface area contributed by atoms with E-state index in [0.717, 1.165) is 6.92 Å². The van der Waals surface area contributed by atoms with Crippen molar-refractivity contribution in [3.8, 4) is 0 Å². The summed E-state index contributed by atoms with van der Waals surface area (Å²) < 4.78 is 169. The highest BCUT2D eigenvalue weighted by atomic mass is 19.4. The van der Waals surface area contributed by atoms with E-state index in [0.29, 0.717) is 0 Å². The van der Waals surface area contributed by atoms with Crippen LogP contribution in [-0.4, -0.2) is 48.4 Å². The Labute approximate surface area is 140 Å². The topological polar surface area (TPSA) is 52.3 Å². The maximum Gasteiger partial charge on any atom is 0.460 e. The summed E-state index contributed by atoms with van der Waals surface area (Å²) >= 11 is 0. The SMILES string of the molecule is C/C(N)=C/C(=O)OCC(F)(F)C(F)(F)C(F)(F)C(F)(F)C(F)(F)C(F)(F)F. The van der Waals surface area contributed by atoms with E-state index in [1.165, 1.54) is 0 Å². The summed E-state index contributed by atoms with van der Waals surface area (Å²) in [4.78, 5) is 10.8. The van der Waals surface area contributed by atoms with Gasteiger partial charge in [-0.25, -0.2) is 4.79 Å². The molecular formula is C11H8F13NO2. The Morgan fingerprint density at radius 1 is 0.778 bits per heavy atom. The molecular weight excluding hydrogens is 425 g/mol. The van der Waals surface area contributed by atoms with E-state index in [4.69, 9.17) is 5.73 Å². The molecule has 0 spiro atoms. The molecule has 16 heteroatoms. The van der Waals surface area contributed by atoms with Gasteiger partial charge in [0.05, 0.1) is 0 Å². The van der Waals surface area contributed by atoms with Crippen LogP contribution >= 0.6 is 0 Å². The number of allylic oxidation sites excluding steroid dienone is 1. The van der Waals surface area contributed by atoms with E-state index in [-0.39, 0.29) is 6.08 Å². The van der Waals surface area contributed by atoms with Crippen molar-refractivity contribution in [2.45, 2.75) is 42.7 Å². The monoisotopic (exact) mass is 433 g/mol. The normalized spacial score (nSPS) is 15.7. The van der Waals surface area contributed by atoms with Gasteiger partial charge in [0, 0.05) is 11.8 Å². The van der Waals surface area contributed by atoms with Crippen LogP contribution < -0.4 is 5.73 Å². The van der Waals surface area contributed by atoms with Crippen LogP contribution in [0.2, 0.25) is 0 Å². The van der Waals surface area contributed by atoms with Crippen molar-refractivity contribution >= 4 is 5.97 Å². The van der Waals surface area contributed by atoms with Gasteiger partial charge in [-0.2, -0.15) is 57.1 Å². The first kappa shape index (κ1) is 25.1. The lowest BCUT2D eigenvalue weighted by Crippen LogP contribution is -2.70. The first-order valence-corrected chi connectivity index (χ1v) is 6.12.